The number of ether oxygens (including phenoxy) is 6. The lowest BCUT2D eigenvalue weighted by Crippen LogP contribution is -2.48. The average molecular weight is 807 g/mol. The van der Waals surface area contributed by atoms with Gasteiger partial charge >= 0.3 is 0 Å². The third-order valence-corrected chi connectivity index (χ3v) is 7.44. The van der Waals surface area contributed by atoms with E-state index < -0.39 is 36.3 Å². The Labute approximate surface area is 315 Å². The molecular formula is C30H59N6O15PS. The van der Waals surface area contributed by atoms with E-state index in [0.29, 0.717) is 39.3 Å². The fourth-order valence-electron chi connectivity index (χ4n) is 3.88. The zero-order valence-electron chi connectivity index (χ0n) is 30.5. The standard InChI is InChI=1S/C30H59N6O15PS/c1-52(42,53)51-23-20-48-17-16-47-15-14-46-13-12-43-9-6-29(40)35-25(24-37)2-4-28(39)36-26(30(41)34-8-11-45-19-22-50-32)3-5-27(38)33-7-10-44-18-21-49-31/h24-26H,2-23,31-32H2,1H3,(H,33,38)(H,34,41)(H,35,40)(H,36,39)(H,42,53). The minimum Gasteiger partial charge on any atom is -0.379 e. The van der Waals surface area contributed by atoms with Gasteiger partial charge in [-0.2, -0.15) is 0 Å². The second kappa shape index (κ2) is 35.4. The van der Waals surface area contributed by atoms with Gasteiger partial charge in [-0.25, -0.2) is 11.8 Å². The third-order valence-electron chi connectivity index (χ3n) is 6.46. The molecule has 0 aliphatic carbocycles. The summed E-state index contributed by atoms with van der Waals surface area (Å²) >= 11 is 4.76. The zero-order valence-corrected chi connectivity index (χ0v) is 32.2. The monoisotopic (exact) mass is 806 g/mol. The number of nitrogens with two attached hydrogens (primary N) is 2. The van der Waals surface area contributed by atoms with Crippen molar-refractivity contribution in [1.29, 1.82) is 0 Å². The fourth-order valence-corrected chi connectivity index (χ4v) is 4.52. The highest BCUT2D eigenvalue weighted by Crippen LogP contribution is 2.36. The van der Waals surface area contributed by atoms with Gasteiger partial charge in [-0.3, -0.25) is 19.2 Å². The Kier molecular flexibility index (Phi) is 33.9. The van der Waals surface area contributed by atoms with Crippen LogP contribution in [0.3, 0.4) is 0 Å². The van der Waals surface area contributed by atoms with Crippen LogP contribution in [-0.2, 0) is 78.4 Å². The largest absolute Gasteiger partial charge is 0.379 e. The molecular weight excluding hydrogens is 747 g/mol. The number of hydrogen-bond acceptors (Lipinski definition) is 17. The second-order valence-electron chi connectivity index (χ2n) is 11.0. The van der Waals surface area contributed by atoms with Crippen molar-refractivity contribution in [2.75, 3.05) is 119 Å². The maximum absolute atomic E-state index is 12.8. The average Bonchev–Trinajstić information content (AvgIpc) is 3.12. The molecule has 0 aromatic heterocycles. The van der Waals surface area contributed by atoms with Crippen LogP contribution in [0.25, 0.3) is 0 Å². The molecule has 9 N–H and O–H groups in total. The van der Waals surface area contributed by atoms with Gasteiger partial charge in [-0.1, -0.05) is 0 Å². The molecule has 53 heavy (non-hydrogen) atoms. The predicted octanol–water partition coefficient (Wildman–Crippen LogP) is -2.83. The molecule has 4 amide bonds. The van der Waals surface area contributed by atoms with Crippen molar-refractivity contribution in [3.8, 4) is 0 Å². The van der Waals surface area contributed by atoms with Crippen LogP contribution in [0.5, 0.6) is 0 Å². The Morgan fingerprint density at radius 2 is 1.08 bits per heavy atom. The molecule has 0 radical (unpaired) electrons. The summed E-state index contributed by atoms with van der Waals surface area (Å²) in [7, 11) is 0. The predicted molar refractivity (Wildman–Crippen MR) is 193 cm³/mol. The molecule has 310 valence electrons. The maximum atomic E-state index is 12.8. The van der Waals surface area contributed by atoms with Gasteiger partial charge < -0.3 is 73.6 Å². The molecule has 3 unspecified atom stereocenters. The summed E-state index contributed by atoms with van der Waals surface area (Å²) in [5.41, 5.74) is 0. The van der Waals surface area contributed by atoms with Gasteiger partial charge in [0.25, 0.3) is 0 Å². The number of carbonyl (C=O) groups is 5. The first kappa shape index (κ1) is 50.7. The highest BCUT2D eigenvalue weighted by molar-refractivity contribution is 8.09. The number of hydrogen-bond donors (Lipinski definition) is 7. The number of amides is 4. The van der Waals surface area contributed by atoms with E-state index >= 15 is 0 Å². The maximum Gasteiger partial charge on any atom is 0.242 e. The Morgan fingerprint density at radius 1 is 0.623 bits per heavy atom. The van der Waals surface area contributed by atoms with E-state index in [1.54, 1.807) is 0 Å². The first-order chi connectivity index (χ1) is 25.5. The van der Waals surface area contributed by atoms with E-state index in [1.807, 2.05) is 0 Å². The lowest BCUT2D eigenvalue weighted by Gasteiger charge is -2.19. The summed E-state index contributed by atoms with van der Waals surface area (Å²) in [4.78, 5) is 79.9. The van der Waals surface area contributed by atoms with Crippen molar-refractivity contribution in [3.05, 3.63) is 0 Å². The van der Waals surface area contributed by atoms with E-state index in [4.69, 9.17) is 56.5 Å². The Hall–Kier alpha value is -2.28. The first-order valence-electron chi connectivity index (χ1n) is 17.1. The van der Waals surface area contributed by atoms with Crippen LogP contribution in [0.2, 0.25) is 0 Å². The SMILES string of the molecule is CP(O)(=S)OCCOCCOCCOCCOCCC(=O)NC(C=O)CCC(=O)NC(CCC(=O)NCCOCCON)C(=O)NCCOCCON. The third kappa shape index (κ3) is 35.2. The van der Waals surface area contributed by atoms with Gasteiger partial charge in [0.05, 0.1) is 105 Å². The lowest BCUT2D eigenvalue weighted by atomic mass is 10.1. The second-order valence-corrected chi connectivity index (χ2v) is 14.8. The summed E-state index contributed by atoms with van der Waals surface area (Å²) in [6.07, 6.45) is 0.246. The van der Waals surface area contributed by atoms with Gasteiger partial charge in [0.15, 0.2) is 6.49 Å². The normalized spacial score (nSPS) is 13.4. The molecule has 21 nitrogen and oxygen atoms in total. The lowest BCUT2D eigenvalue weighted by molar-refractivity contribution is -0.130. The minimum absolute atomic E-state index is 0.00380. The van der Waals surface area contributed by atoms with Gasteiger partial charge in [0.2, 0.25) is 23.6 Å². The van der Waals surface area contributed by atoms with Crippen LogP contribution >= 0.6 is 6.49 Å². The van der Waals surface area contributed by atoms with Crippen LogP contribution < -0.4 is 33.1 Å². The van der Waals surface area contributed by atoms with E-state index in [9.17, 15) is 28.9 Å². The molecule has 3 atom stereocenters. The number of nitrogens with one attached hydrogen (secondary N) is 4. The first-order valence-corrected chi connectivity index (χ1v) is 20.3. The molecule has 23 heteroatoms. The van der Waals surface area contributed by atoms with Crippen molar-refractivity contribution < 1.29 is 71.5 Å². The van der Waals surface area contributed by atoms with Crippen molar-refractivity contribution in [2.24, 2.45) is 11.8 Å². The summed E-state index contributed by atoms with van der Waals surface area (Å²) in [6, 6.07) is -1.99. The molecule has 0 aromatic rings. The summed E-state index contributed by atoms with van der Waals surface area (Å²) in [6.45, 7) is 3.03. The van der Waals surface area contributed by atoms with Crippen LogP contribution in [0.15, 0.2) is 0 Å². The van der Waals surface area contributed by atoms with Crippen molar-refractivity contribution in [3.63, 3.8) is 0 Å². The smallest absolute Gasteiger partial charge is 0.242 e. The molecule has 0 aromatic carbocycles. The van der Waals surface area contributed by atoms with Gasteiger partial charge in [0.1, 0.15) is 12.3 Å². The summed E-state index contributed by atoms with van der Waals surface area (Å²) in [5, 5.41) is 10.4. The Morgan fingerprint density at radius 3 is 1.60 bits per heavy atom. The highest BCUT2D eigenvalue weighted by atomic mass is 32.5. The topological polar surface area (TPSA) is 289 Å². The highest BCUT2D eigenvalue weighted by Gasteiger charge is 2.22. The molecule has 0 spiro atoms. The van der Waals surface area contributed by atoms with E-state index in [0.717, 1.165) is 0 Å². The molecule has 0 saturated heterocycles. The van der Waals surface area contributed by atoms with Crippen LogP contribution in [0.4, 0.5) is 0 Å². The van der Waals surface area contributed by atoms with Gasteiger partial charge in [-0.15, -0.1) is 0 Å². The molecule has 0 aliphatic rings. The quantitative estimate of drug-likeness (QED) is 0.0143. The van der Waals surface area contributed by atoms with Crippen LogP contribution in [0, 0.1) is 0 Å². The Balaban J connectivity index is 4.35. The van der Waals surface area contributed by atoms with E-state index in [-0.39, 0.29) is 117 Å². The summed E-state index contributed by atoms with van der Waals surface area (Å²) in [5.74, 6) is 7.98. The van der Waals surface area contributed by atoms with Gasteiger partial charge in [0, 0.05) is 39.0 Å². The van der Waals surface area contributed by atoms with E-state index in [1.165, 1.54) is 6.66 Å². The molecule has 0 rings (SSSR count). The number of rotatable bonds is 38. The molecule has 0 fully saturated rings. The molecule has 0 aliphatic heterocycles. The summed E-state index contributed by atoms with van der Waals surface area (Å²) < 4.78 is 37.0. The Bertz CT molecular complexity index is 1030. The van der Waals surface area contributed by atoms with Crippen molar-refractivity contribution in [1.82, 2.24) is 21.3 Å². The van der Waals surface area contributed by atoms with Crippen LogP contribution in [-0.4, -0.2) is 166 Å². The number of carbonyl (C=O) groups excluding carboxylic acids is 5. The molecule has 0 saturated carbocycles. The minimum atomic E-state index is -2.67. The van der Waals surface area contributed by atoms with Crippen molar-refractivity contribution >= 4 is 48.2 Å². The van der Waals surface area contributed by atoms with Crippen molar-refractivity contribution in [2.45, 2.75) is 44.2 Å². The van der Waals surface area contributed by atoms with Gasteiger partial charge in [-0.05, 0) is 24.6 Å². The van der Waals surface area contributed by atoms with E-state index in [2.05, 4.69) is 30.9 Å². The number of aldehydes is 1. The molecule has 0 bridgehead atoms. The zero-order chi connectivity index (χ0) is 39.4. The fraction of sp³-hybridized carbons (Fsp3) is 0.833. The van der Waals surface area contributed by atoms with Crippen LogP contribution in [0.1, 0.15) is 32.1 Å². The molecule has 0 heterocycles.